The number of aromatic nitrogens is 2. The van der Waals surface area contributed by atoms with E-state index in [-0.39, 0.29) is 0 Å². The molecule has 0 amide bonds. The summed E-state index contributed by atoms with van der Waals surface area (Å²) in [5, 5.41) is 3.20. The van der Waals surface area contributed by atoms with E-state index in [1.807, 2.05) is 19.4 Å². The second-order valence-corrected chi connectivity index (χ2v) is 4.94. The number of fused-ring (bicyclic) bond motifs is 1. The SMILES string of the molecule is CCc1cccc(-c2nccn3c(CNC)ccc23)c1. The number of benzene rings is 1. The lowest BCUT2D eigenvalue weighted by molar-refractivity contribution is 0.781. The Balaban J connectivity index is 2.16. The van der Waals surface area contributed by atoms with E-state index in [0.29, 0.717) is 0 Å². The summed E-state index contributed by atoms with van der Waals surface area (Å²) in [7, 11) is 1.96. The zero-order valence-corrected chi connectivity index (χ0v) is 11.9. The summed E-state index contributed by atoms with van der Waals surface area (Å²) in [4.78, 5) is 4.58. The molecule has 0 saturated heterocycles. The predicted molar refractivity (Wildman–Crippen MR) is 82.8 cm³/mol. The Morgan fingerprint density at radius 1 is 1.20 bits per heavy atom. The number of nitrogens with one attached hydrogen (secondary N) is 1. The normalized spacial score (nSPS) is 11.1. The zero-order valence-electron chi connectivity index (χ0n) is 11.9. The molecule has 0 bridgehead atoms. The van der Waals surface area contributed by atoms with Gasteiger partial charge in [-0.2, -0.15) is 0 Å². The second kappa shape index (κ2) is 5.47. The van der Waals surface area contributed by atoms with Gasteiger partial charge < -0.3 is 9.72 Å². The Bertz CT molecular complexity index is 728. The van der Waals surface area contributed by atoms with Crippen LogP contribution in [0.5, 0.6) is 0 Å². The maximum absolute atomic E-state index is 4.58. The van der Waals surface area contributed by atoms with Crippen molar-refractivity contribution in [2.45, 2.75) is 19.9 Å². The van der Waals surface area contributed by atoms with Crippen molar-refractivity contribution < 1.29 is 0 Å². The van der Waals surface area contributed by atoms with Crippen LogP contribution in [0.3, 0.4) is 0 Å². The van der Waals surface area contributed by atoms with Crippen LogP contribution in [-0.4, -0.2) is 16.4 Å². The van der Waals surface area contributed by atoms with Crippen LogP contribution in [0.4, 0.5) is 0 Å². The van der Waals surface area contributed by atoms with E-state index in [1.165, 1.54) is 16.8 Å². The molecule has 0 aliphatic heterocycles. The molecule has 0 spiro atoms. The molecule has 0 unspecified atom stereocenters. The fourth-order valence-electron chi connectivity index (χ4n) is 2.59. The third-order valence-corrected chi connectivity index (χ3v) is 3.63. The van der Waals surface area contributed by atoms with E-state index in [2.05, 4.69) is 58.0 Å². The van der Waals surface area contributed by atoms with Crippen LogP contribution in [-0.2, 0) is 13.0 Å². The van der Waals surface area contributed by atoms with E-state index in [0.717, 1.165) is 24.2 Å². The molecule has 0 fully saturated rings. The quantitative estimate of drug-likeness (QED) is 0.784. The number of nitrogens with zero attached hydrogens (tertiary/aromatic N) is 2. The molecular formula is C17H19N3. The van der Waals surface area contributed by atoms with Crippen LogP contribution in [0.15, 0.2) is 48.8 Å². The topological polar surface area (TPSA) is 29.3 Å². The van der Waals surface area contributed by atoms with Crippen LogP contribution in [0.2, 0.25) is 0 Å². The molecule has 0 saturated carbocycles. The predicted octanol–water partition coefficient (Wildman–Crippen LogP) is 3.28. The van der Waals surface area contributed by atoms with Gasteiger partial charge in [0.2, 0.25) is 0 Å². The highest BCUT2D eigenvalue weighted by Gasteiger charge is 2.08. The van der Waals surface area contributed by atoms with E-state index in [9.17, 15) is 0 Å². The Kier molecular flexibility index (Phi) is 3.52. The number of aryl methyl sites for hydroxylation is 1. The van der Waals surface area contributed by atoms with Crippen LogP contribution in [0.25, 0.3) is 16.8 Å². The summed E-state index contributed by atoms with van der Waals surface area (Å²) in [5.41, 5.74) is 5.98. The molecule has 1 N–H and O–H groups in total. The molecule has 102 valence electrons. The van der Waals surface area contributed by atoms with Gasteiger partial charge >= 0.3 is 0 Å². The minimum absolute atomic E-state index is 0.854. The molecule has 2 heterocycles. The minimum atomic E-state index is 0.854. The van der Waals surface area contributed by atoms with Gasteiger partial charge in [-0.3, -0.25) is 4.98 Å². The van der Waals surface area contributed by atoms with Crippen LogP contribution >= 0.6 is 0 Å². The molecule has 1 aromatic carbocycles. The lowest BCUT2D eigenvalue weighted by Gasteiger charge is -2.07. The Morgan fingerprint density at radius 2 is 2.10 bits per heavy atom. The van der Waals surface area contributed by atoms with E-state index < -0.39 is 0 Å². The van der Waals surface area contributed by atoms with E-state index in [4.69, 9.17) is 0 Å². The summed E-state index contributed by atoms with van der Waals surface area (Å²) in [6.07, 6.45) is 4.94. The van der Waals surface area contributed by atoms with Gasteiger partial charge in [-0.05, 0) is 37.2 Å². The summed E-state index contributed by atoms with van der Waals surface area (Å²) in [6, 6.07) is 12.9. The highest BCUT2D eigenvalue weighted by atomic mass is 15.0. The molecule has 0 atom stereocenters. The standard InChI is InChI=1S/C17H19N3/c1-3-13-5-4-6-14(11-13)17-16-8-7-15(12-18-2)20(16)10-9-19-17/h4-11,18H,3,12H2,1-2H3. The number of hydrogen-bond acceptors (Lipinski definition) is 2. The first-order valence-corrected chi connectivity index (χ1v) is 7.02. The van der Waals surface area contributed by atoms with Gasteiger partial charge in [-0.1, -0.05) is 25.1 Å². The first-order chi connectivity index (χ1) is 9.83. The van der Waals surface area contributed by atoms with Gasteiger partial charge in [0.1, 0.15) is 0 Å². The molecule has 0 aliphatic carbocycles. The van der Waals surface area contributed by atoms with Crippen molar-refractivity contribution >= 4 is 5.52 Å². The maximum atomic E-state index is 4.58. The van der Waals surface area contributed by atoms with Crippen LogP contribution in [0, 0.1) is 0 Å². The summed E-state index contributed by atoms with van der Waals surface area (Å²) >= 11 is 0. The monoisotopic (exact) mass is 265 g/mol. The zero-order chi connectivity index (χ0) is 13.9. The Labute approximate surface area is 119 Å². The average molecular weight is 265 g/mol. The van der Waals surface area contributed by atoms with Crippen molar-refractivity contribution in [2.75, 3.05) is 7.05 Å². The van der Waals surface area contributed by atoms with Gasteiger partial charge in [0, 0.05) is 30.2 Å². The lowest BCUT2D eigenvalue weighted by atomic mass is 10.1. The third-order valence-electron chi connectivity index (χ3n) is 3.63. The van der Waals surface area contributed by atoms with Crippen molar-refractivity contribution in [3.05, 3.63) is 60.0 Å². The molecule has 3 aromatic rings. The molecule has 3 heteroatoms. The van der Waals surface area contributed by atoms with Crippen molar-refractivity contribution in [3.63, 3.8) is 0 Å². The number of hydrogen-bond donors (Lipinski definition) is 1. The maximum Gasteiger partial charge on any atom is 0.0942 e. The van der Waals surface area contributed by atoms with Crippen LogP contribution < -0.4 is 5.32 Å². The van der Waals surface area contributed by atoms with Crippen molar-refractivity contribution in [2.24, 2.45) is 0 Å². The first kappa shape index (κ1) is 12.9. The largest absolute Gasteiger partial charge is 0.316 e. The first-order valence-electron chi connectivity index (χ1n) is 7.02. The highest BCUT2D eigenvalue weighted by molar-refractivity contribution is 5.77. The molecule has 0 radical (unpaired) electrons. The summed E-state index contributed by atoms with van der Waals surface area (Å²) in [6.45, 7) is 3.03. The second-order valence-electron chi connectivity index (χ2n) is 4.94. The molecule has 3 nitrogen and oxygen atoms in total. The Morgan fingerprint density at radius 3 is 2.90 bits per heavy atom. The highest BCUT2D eigenvalue weighted by Crippen LogP contribution is 2.24. The van der Waals surface area contributed by atoms with E-state index in [1.54, 1.807) is 0 Å². The Hall–Kier alpha value is -2.13. The molecular weight excluding hydrogens is 246 g/mol. The van der Waals surface area contributed by atoms with Gasteiger partial charge in [-0.15, -0.1) is 0 Å². The van der Waals surface area contributed by atoms with Gasteiger partial charge in [0.25, 0.3) is 0 Å². The molecule has 2 aromatic heterocycles. The van der Waals surface area contributed by atoms with Crippen molar-refractivity contribution in [3.8, 4) is 11.3 Å². The van der Waals surface area contributed by atoms with Gasteiger partial charge in [0.05, 0.1) is 11.2 Å². The molecule has 20 heavy (non-hydrogen) atoms. The van der Waals surface area contributed by atoms with Crippen LogP contribution in [0.1, 0.15) is 18.2 Å². The van der Waals surface area contributed by atoms with Gasteiger partial charge in [-0.25, -0.2) is 0 Å². The van der Waals surface area contributed by atoms with E-state index >= 15 is 0 Å². The minimum Gasteiger partial charge on any atom is -0.316 e. The van der Waals surface area contributed by atoms with Crippen molar-refractivity contribution in [1.29, 1.82) is 0 Å². The molecule has 0 aliphatic rings. The fourth-order valence-corrected chi connectivity index (χ4v) is 2.59. The summed E-state index contributed by atoms with van der Waals surface area (Å²) < 4.78 is 2.21. The van der Waals surface area contributed by atoms with Crippen molar-refractivity contribution in [1.82, 2.24) is 14.7 Å². The molecule has 3 rings (SSSR count). The smallest absolute Gasteiger partial charge is 0.0942 e. The third kappa shape index (κ3) is 2.21. The van der Waals surface area contributed by atoms with Gasteiger partial charge in [0.15, 0.2) is 0 Å². The average Bonchev–Trinajstić information content (AvgIpc) is 2.91. The lowest BCUT2D eigenvalue weighted by Crippen LogP contribution is -2.07. The number of rotatable bonds is 4. The fraction of sp³-hybridized carbons (Fsp3) is 0.235. The summed E-state index contributed by atoms with van der Waals surface area (Å²) in [5.74, 6) is 0.